The van der Waals surface area contributed by atoms with Crippen molar-refractivity contribution in [3.05, 3.63) is 29.3 Å². The Hall–Kier alpha value is -1.95. The number of nitrogens with two attached hydrogens (primary N) is 1. The third-order valence-electron chi connectivity index (χ3n) is 2.17. The first-order chi connectivity index (χ1) is 6.24. The summed E-state index contributed by atoms with van der Waals surface area (Å²) in [7, 11) is 0. The number of aryl methyl sites for hydroxylation is 1. The lowest BCUT2D eigenvalue weighted by molar-refractivity contribution is 1.45. The minimum Gasteiger partial charge on any atom is -0.384 e. The summed E-state index contributed by atoms with van der Waals surface area (Å²) in [6, 6.07) is 7.93. The highest BCUT2D eigenvalue weighted by Gasteiger charge is 2.09. The van der Waals surface area contributed by atoms with Crippen molar-refractivity contribution >= 4 is 16.7 Å². The van der Waals surface area contributed by atoms with E-state index in [1.165, 1.54) is 0 Å². The zero-order valence-electron chi connectivity index (χ0n) is 7.26. The highest BCUT2D eigenvalue weighted by Crippen LogP contribution is 2.25. The fourth-order valence-electron chi connectivity index (χ4n) is 1.56. The van der Waals surface area contributed by atoms with Gasteiger partial charge in [-0.15, -0.1) is 0 Å². The predicted molar refractivity (Wildman–Crippen MR) is 52.2 cm³/mol. The Balaban J connectivity index is 2.99. The second-order valence-electron chi connectivity index (χ2n) is 3.02. The monoisotopic (exact) mass is 171 g/mol. The fraction of sp³-hybridized carbons (Fsp3) is 0.100. The average Bonchev–Trinajstić information content (AvgIpc) is 2.42. The zero-order chi connectivity index (χ0) is 9.42. The number of anilines is 1. The van der Waals surface area contributed by atoms with Crippen LogP contribution in [-0.4, -0.2) is 4.98 Å². The Morgan fingerprint density at radius 3 is 2.92 bits per heavy atom. The van der Waals surface area contributed by atoms with Gasteiger partial charge in [0.1, 0.15) is 17.5 Å². The maximum atomic E-state index is 8.88. The molecule has 0 fully saturated rings. The predicted octanol–water partition coefficient (Wildman–Crippen LogP) is 1.93. The molecule has 3 nitrogen and oxygen atoms in total. The highest BCUT2D eigenvalue weighted by atomic mass is 14.8. The number of nitrogen functional groups attached to an aromatic ring is 1. The zero-order valence-corrected chi connectivity index (χ0v) is 7.26. The number of hydrogen-bond acceptors (Lipinski definition) is 2. The summed E-state index contributed by atoms with van der Waals surface area (Å²) < 4.78 is 0. The van der Waals surface area contributed by atoms with Crippen molar-refractivity contribution in [3.63, 3.8) is 0 Å². The van der Waals surface area contributed by atoms with E-state index in [-0.39, 0.29) is 0 Å². The van der Waals surface area contributed by atoms with Crippen molar-refractivity contribution in [2.75, 3.05) is 5.73 Å². The van der Waals surface area contributed by atoms with E-state index >= 15 is 0 Å². The average molecular weight is 171 g/mol. The van der Waals surface area contributed by atoms with Crippen molar-refractivity contribution in [1.82, 2.24) is 4.98 Å². The van der Waals surface area contributed by atoms with Gasteiger partial charge in [0.05, 0.1) is 0 Å². The topological polar surface area (TPSA) is 65.6 Å². The second kappa shape index (κ2) is 2.53. The van der Waals surface area contributed by atoms with Crippen LogP contribution in [0.2, 0.25) is 0 Å². The number of hydrogen-bond donors (Lipinski definition) is 2. The molecule has 0 aliphatic heterocycles. The molecule has 3 heteroatoms. The fourth-order valence-corrected chi connectivity index (χ4v) is 1.56. The van der Waals surface area contributed by atoms with Gasteiger partial charge in [0.2, 0.25) is 0 Å². The van der Waals surface area contributed by atoms with Gasteiger partial charge in [-0.2, -0.15) is 5.26 Å². The molecule has 3 N–H and O–H groups in total. The lowest BCUT2D eigenvalue weighted by Crippen LogP contribution is -1.86. The van der Waals surface area contributed by atoms with Crippen LogP contribution >= 0.6 is 0 Å². The van der Waals surface area contributed by atoms with Crippen molar-refractivity contribution in [2.45, 2.75) is 6.92 Å². The molecule has 1 heterocycles. The lowest BCUT2D eigenvalue weighted by Gasteiger charge is -1.94. The molecule has 0 bridgehead atoms. The van der Waals surface area contributed by atoms with Crippen LogP contribution in [0.15, 0.2) is 18.2 Å². The van der Waals surface area contributed by atoms with Gasteiger partial charge in [0.25, 0.3) is 0 Å². The first kappa shape index (κ1) is 7.69. The molecule has 0 saturated carbocycles. The van der Waals surface area contributed by atoms with E-state index in [0.29, 0.717) is 11.4 Å². The summed E-state index contributed by atoms with van der Waals surface area (Å²) in [5.41, 5.74) is 8.20. The summed E-state index contributed by atoms with van der Waals surface area (Å²) >= 11 is 0. The number of nitriles is 1. The molecule has 0 saturated heterocycles. The molecule has 1 aromatic carbocycles. The van der Waals surface area contributed by atoms with Gasteiger partial charge in [-0.3, -0.25) is 0 Å². The number of benzene rings is 1. The number of aromatic nitrogens is 1. The normalized spacial score (nSPS) is 10.2. The molecule has 13 heavy (non-hydrogen) atoms. The van der Waals surface area contributed by atoms with Crippen LogP contribution in [0.1, 0.15) is 11.1 Å². The largest absolute Gasteiger partial charge is 0.384 e. The van der Waals surface area contributed by atoms with Crippen molar-refractivity contribution < 1.29 is 0 Å². The lowest BCUT2D eigenvalue weighted by atomic mass is 10.1. The molecule has 2 rings (SSSR count). The van der Waals surface area contributed by atoms with E-state index in [1.807, 2.05) is 25.1 Å². The number of nitrogens with one attached hydrogen (secondary N) is 1. The molecule has 1 aromatic heterocycles. The van der Waals surface area contributed by atoms with E-state index in [9.17, 15) is 0 Å². The van der Waals surface area contributed by atoms with Gasteiger partial charge in [-0.05, 0) is 18.6 Å². The van der Waals surface area contributed by atoms with Gasteiger partial charge in [0, 0.05) is 10.9 Å². The molecule has 0 atom stereocenters. The maximum Gasteiger partial charge on any atom is 0.119 e. The van der Waals surface area contributed by atoms with Crippen LogP contribution in [0.25, 0.3) is 10.9 Å². The van der Waals surface area contributed by atoms with Gasteiger partial charge >= 0.3 is 0 Å². The van der Waals surface area contributed by atoms with Crippen LogP contribution < -0.4 is 5.73 Å². The number of H-pyrrole nitrogens is 1. The molecule has 0 spiro atoms. The molecule has 0 aliphatic rings. The SMILES string of the molecule is Cc1cccc2[nH]c(N)c(C#N)c12. The van der Waals surface area contributed by atoms with Crippen LogP contribution in [0, 0.1) is 18.3 Å². The number of nitrogens with zero attached hydrogens (tertiary/aromatic N) is 1. The molecule has 2 aromatic rings. The van der Waals surface area contributed by atoms with E-state index in [0.717, 1.165) is 16.5 Å². The van der Waals surface area contributed by atoms with Crippen LogP contribution in [-0.2, 0) is 0 Å². The Labute approximate surface area is 75.8 Å². The van der Waals surface area contributed by atoms with Gasteiger partial charge in [0.15, 0.2) is 0 Å². The summed E-state index contributed by atoms with van der Waals surface area (Å²) in [5.74, 6) is 0.451. The summed E-state index contributed by atoms with van der Waals surface area (Å²) in [6.07, 6.45) is 0. The Kier molecular flexibility index (Phi) is 1.49. The van der Waals surface area contributed by atoms with Crippen molar-refractivity contribution in [2.24, 2.45) is 0 Å². The molecule has 0 unspecified atom stereocenters. The number of rotatable bonds is 0. The van der Waals surface area contributed by atoms with Gasteiger partial charge in [-0.25, -0.2) is 0 Å². The molecule has 64 valence electrons. The quantitative estimate of drug-likeness (QED) is 0.636. The molecular formula is C10H9N3. The van der Waals surface area contributed by atoms with E-state index in [4.69, 9.17) is 11.0 Å². The summed E-state index contributed by atoms with van der Waals surface area (Å²) in [5, 5.41) is 9.81. The number of fused-ring (bicyclic) bond motifs is 1. The molecular weight excluding hydrogens is 162 g/mol. The Morgan fingerprint density at radius 1 is 1.46 bits per heavy atom. The van der Waals surface area contributed by atoms with Crippen LogP contribution in [0.5, 0.6) is 0 Å². The Morgan fingerprint density at radius 2 is 2.23 bits per heavy atom. The summed E-state index contributed by atoms with van der Waals surface area (Å²) in [6.45, 7) is 1.97. The van der Waals surface area contributed by atoms with Crippen LogP contribution in [0.3, 0.4) is 0 Å². The first-order valence-corrected chi connectivity index (χ1v) is 4.01. The third-order valence-corrected chi connectivity index (χ3v) is 2.17. The highest BCUT2D eigenvalue weighted by molar-refractivity contribution is 5.93. The van der Waals surface area contributed by atoms with E-state index in [2.05, 4.69) is 11.1 Å². The van der Waals surface area contributed by atoms with E-state index in [1.54, 1.807) is 0 Å². The third kappa shape index (κ3) is 0.960. The summed E-state index contributed by atoms with van der Waals surface area (Å²) in [4.78, 5) is 2.97. The minimum atomic E-state index is 0.451. The van der Waals surface area contributed by atoms with E-state index < -0.39 is 0 Å². The molecule has 0 radical (unpaired) electrons. The molecule has 0 aliphatic carbocycles. The van der Waals surface area contributed by atoms with Gasteiger partial charge < -0.3 is 10.7 Å². The minimum absolute atomic E-state index is 0.451. The standard InChI is InChI=1S/C10H9N3/c1-6-3-2-4-8-9(6)7(5-11)10(12)13-8/h2-4,13H,12H2,1H3. The first-order valence-electron chi connectivity index (χ1n) is 4.01. The smallest absolute Gasteiger partial charge is 0.119 e. The van der Waals surface area contributed by atoms with Gasteiger partial charge in [-0.1, -0.05) is 12.1 Å². The number of aromatic amines is 1. The second-order valence-corrected chi connectivity index (χ2v) is 3.02. The van der Waals surface area contributed by atoms with Crippen molar-refractivity contribution in [1.29, 1.82) is 5.26 Å². The van der Waals surface area contributed by atoms with Crippen LogP contribution in [0.4, 0.5) is 5.82 Å². The Bertz CT molecular complexity index is 503. The maximum absolute atomic E-state index is 8.88. The van der Waals surface area contributed by atoms with Crippen molar-refractivity contribution in [3.8, 4) is 6.07 Å². The molecule has 0 amide bonds.